The summed E-state index contributed by atoms with van der Waals surface area (Å²) in [7, 11) is 0. The maximum atomic E-state index is 11.3. The molecule has 0 amide bonds. The van der Waals surface area contributed by atoms with Crippen molar-refractivity contribution in [2.45, 2.75) is 32.7 Å². The summed E-state index contributed by atoms with van der Waals surface area (Å²) < 4.78 is 0. The number of pyridine rings is 1. The number of aromatic nitrogens is 1. The summed E-state index contributed by atoms with van der Waals surface area (Å²) in [5.41, 5.74) is 1.92. The highest BCUT2D eigenvalue weighted by Gasteiger charge is 2.20. The number of rotatable bonds is 3. The molecule has 2 heterocycles. The normalized spacial score (nSPS) is 16.6. The molecule has 1 fully saturated rings. The standard InChI is InChI=1S/C13H18N2O2S/c1-8-7-9(2)14-12(11(8)13(16)17)15-10-3-5-18-6-4-10/h7,10H,3-6H2,1-2H3,(H,14,15)(H,16,17). The van der Waals surface area contributed by atoms with E-state index < -0.39 is 5.97 Å². The molecule has 0 bridgehead atoms. The van der Waals surface area contributed by atoms with Crippen molar-refractivity contribution in [3.63, 3.8) is 0 Å². The van der Waals surface area contributed by atoms with Crippen LogP contribution in [0.3, 0.4) is 0 Å². The Morgan fingerprint density at radius 3 is 2.72 bits per heavy atom. The largest absolute Gasteiger partial charge is 0.478 e. The Morgan fingerprint density at radius 1 is 1.44 bits per heavy atom. The number of carboxylic acids is 1. The number of hydrogen-bond donors (Lipinski definition) is 2. The van der Waals surface area contributed by atoms with Crippen LogP contribution in [0.15, 0.2) is 6.07 Å². The van der Waals surface area contributed by atoms with Crippen molar-refractivity contribution in [1.82, 2.24) is 4.98 Å². The van der Waals surface area contributed by atoms with E-state index in [1.165, 1.54) is 0 Å². The quantitative estimate of drug-likeness (QED) is 0.880. The molecule has 5 heteroatoms. The monoisotopic (exact) mass is 266 g/mol. The third kappa shape index (κ3) is 2.96. The second-order valence-electron chi connectivity index (χ2n) is 4.64. The zero-order valence-corrected chi connectivity index (χ0v) is 11.5. The average Bonchev–Trinajstić information content (AvgIpc) is 2.28. The molecule has 18 heavy (non-hydrogen) atoms. The van der Waals surface area contributed by atoms with Crippen molar-refractivity contribution < 1.29 is 9.90 Å². The van der Waals surface area contributed by atoms with Gasteiger partial charge in [0.25, 0.3) is 0 Å². The van der Waals surface area contributed by atoms with Crippen molar-refractivity contribution in [2.24, 2.45) is 0 Å². The molecule has 2 rings (SSSR count). The lowest BCUT2D eigenvalue weighted by Gasteiger charge is -2.24. The Labute approximate surface area is 111 Å². The van der Waals surface area contributed by atoms with Gasteiger partial charge in [0.15, 0.2) is 0 Å². The number of aryl methyl sites for hydroxylation is 2. The first-order valence-corrected chi connectivity index (χ1v) is 7.29. The number of nitrogens with one attached hydrogen (secondary N) is 1. The van der Waals surface area contributed by atoms with E-state index in [0.717, 1.165) is 35.6 Å². The third-order valence-corrected chi connectivity index (χ3v) is 4.17. The van der Waals surface area contributed by atoms with Gasteiger partial charge >= 0.3 is 5.97 Å². The summed E-state index contributed by atoms with van der Waals surface area (Å²) in [6.45, 7) is 3.71. The van der Waals surface area contributed by atoms with Crippen LogP contribution in [0.2, 0.25) is 0 Å². The van der Waals surface area contributed by atoms with E-state index >= 15 is 0 Å². The summed E-state index contributed by atoms with van der Waals surface area (Å²) >= 11 is 1.95. The first-order valence-electron chi connectivity index (χ1n) is 6.13. The van der Waals surface area contributed by atoms with Crippen LogP contribution >= 0.6 is 11.8 Å². The number of hydrogen-bond acceptors (Lipinski definition) is 4. The van der Waals surface area contributed by atoms with Gasteiger partial charge in [-0.15, -0.1) is 0 Å². The van der Waals surface area contributed by atoms with Gasteiger partial charge in [0.2, 0.25) is 0 Å². The second kappa shape index (κ2) is 5.61. The molecule has 0 radical (unpaired) electrons. The van der Waals surface area contributed by atoms with Gasteiger partial charge in [-0.05, 0) is 49.8 Å². The van der Waals surface area contributed by atoms with E-state index in [1.54, 1.807) is 0 Å². The zero-order chi connectivity index (χ0) is 13.1. The predicted molar refractivity (Wildman–Crippen MR) is 74.6 cm³/mol. The summed E-state index contributed by atoms with van der Waals surface area (Å²) in [5, 5.41) is 12.6. The van der Waals surface area contributed by atoms with E-state index in [-0.39, 0.29) is 0 Å². The number of nitrogens with zero attached hydrogens (tertiary/aromatic N) is 1. The molecular formula is C13H18N2O2S. The van der Waals surface area contributed by atoms with Gasteiger partial charge in [-0.1, -0.05) is 0 Å². The molecule has 0 saturated carbocycles. The van der Waals surface area contributed by atoms with Gasteiger partial charge in [-0.3, -0.25) is 0 Å². The molecule has 0 unspecified atom stereocenters. The Kier molecular flexibility index (Phi) is 4.11. The average molecular weight is 266 g/mol. The van der Waals surface area contributed by atoms with Crippen LogP contribution in [0.5, 0.6) is 0 Å². The molecule has 1 saturated heterocycles. The first-order chi connectivity index (χ1) is 8.58. The fourth-order valence-corrected chi connectivity index (χ4v) is 3.35. The molecule has 1 aromatic rings. The molecule has 4 nitrogen and oxygen atoms in total. The molecule has 98 valence electrons. The van der Waals surface area contributed by atoms with E-state index in [1.807, 2.05) is 31.7 Å². The lowest BCUT2D eigenvalue weighted by Crippen LogP contribution is -2.26. The van der Waals surface area contributed by atoms with Crippen molar-refractivity contribution >= 4 is 23.5 Å². The number of thioether (sulfide) groups is 1. The van der Waals surface area contributed by atoms with Crippen molar-refractivity contribution in [2.75, 3.05) is 16.8 Å². The number of carbonyl (C=O) groups is 1. The minimum atomic E-state index is -0.910. The molecule has 0 aliphatic carbocycles. The molecule has 1 aliphatic rings. The van der Waals surface area contributed by atoms with Crippen LogP contribution in [0, 0.1) is 13.8 Å². The topological polar surface area (TPSA) is 62.2 Å². The molecule has 1 aliphatic heterocycles. The molecule has 0 atom stereocenters. The van der Waals surface area contributed by atoms with Crippen LogP contribution in [0.1, 0.15) is 34.5 Å². The fourth-order valence-electron chi connectivity index (χ4n) is 2.25. The minimum absolute atomic E-state index is 0.304. The van der Waals surface area contributed by atoms with Gasteiger partial charge in [0.05, 0.1) is 0 Å². The van der Waals surface area contributed by atoms with Crippen LogP contribution in [-0.4, -0.2) is 33.6 Å². The van der Waals surface area contributed by atoms with E-state index in [2.05, 4.69) is 10.3 Å². The number of aromatic carboxylic acids is 1. The molecule has 0 spiro atoms. The molecule has 1 aromatic heterocycles. The zero-order valence-electron chi connectivity index (χ0n) is 10.7. The number of carboxylic acid groups (broad SMARTS) is 1. The van der Waals surface area contributed by atoms with Crippen molar-refractivity contribution in [3.8, 4) is 0 Å². The summed E-state index contributed by atoms with van der Waals surface area (Å²) in [6, 6.07) is 2.16. The Bertz CT molecular complexity index is 457. The van der Waals surface area contributed by atoms with Gasteiger partial charge in [-0.25, -0.2) is 9.78 Å². The van der Waals surface area contributed by atoms with Crippen molar-refractivity contribution in [1.29, 1.82) is 0 Å². The Hall–Kier alpha value is -1.23. The van der Waals surface area contributed by atoms with Gasteiger partial charge in [-0.2, -0.15) is 11.8 Å². The maximum absolute atomic E-state index is 11.3. The highest BCUT2D eigenvalue weighted by atomic mass is 32.2. The van der Waals surface area contributed by atoms with Gasteiger partial charge in [0, 0.05) is 11.7 Å². The van der Waals surface area contributed by atoms with E-state index in [4.69, 9.17) is 0 Å². The SMILES string of the molecule is Cc1cc(C)c(C(=O)O)c(NC2CCSCC2)n1. The lowest BCUT2D eigenvalue weighted by molar-refractivity contribution is 0.0696. The van der Waals surface area contributed by atoms with Gasteiger partial charge < -0.3 is 10.4 Å². The fraction of sp³-hybridized carbons (Fsp3) is 0.538. The van der Waals surface area contributed by atoms with Crippen LogP contribution in [-0.2, 0) is 0 Å². The highest BCUT2D eigenvalue weighted by Crippen LogP contribution is 2.24. The Morgan fingerprint density at radius 2 is 2.11 bits per heavy atom. The van der Waals surface area contributed by atoms with Crippen LogP contribution in [0.25, 0.3) is 0 Å². The number of anilines is 1. The Balaban J connectivity index is 2.27. The summed E-state index contributed by atoms with van der Waals surface area (Å²) in [6.07, 6.45) is 2.14. The molecule has 2 N–H and O–H groups in total. The molecule has 0 aromatic carbocycles. The smallest absolute Gasteiger partial charge is 0.339 e. The van der Waals surface area contributed by atoms with Gasteiger partial charge in [0.1, 0.15) is 11.4 Å². The summed E-state index contributed by atoms with van der Waals surface area (Å²) in [4.78, 5) is 15.7. The van der Waals surface area contributed by atoms with E-state index in [0.29, 0.717) is 17.4 Å². The van der Waals surface area contributed by atoms with Crippen LogP contribution < -0.4 is 5.32 Å². The predicted octanol–water partition coefficient (Wildman–Crippen LogP) is 2.70. The van der Waals surface area contributed by atoms with Crippen LogP contribution in [0.4, 0.5) is 5.82 Å². The van der Waals surface area contributed by atoms with Crippen molar-refractivity contribution in [3.05, 3.63) is 22.9 Å². The maximum Gasteiger partial charge on any atom is 0.339 e. The highest BCUT2D eigenvalue weighted by molar-refractivity contribution is 7.99. The lowest BCUT2D eigenvalue weighted by atomic mass is 10.1. The summed E-state index contributed by atoms with van der Waals surface area (Å²) in [5.74, 6) is 1.88. The minimum Gasteiger partial charge on any atom is -0.478 e. The first kappa shape index (κ1) is 13.2. The van der Waals surface area contributed by atoms with E-state index in [9.17, 15) is 9.90 Å². The molecular weight excluding hydrogens is 248 g/mol. The second-order valence-corrected chi connectivity index (χ2v) is 5.87. The third-order valence-electron chi connectivity index (χ3n) is 3.12.